The molecule has 2 aromatic heterocycles. The third-order valence-corrected chi connectivity index (χ3v) is 7.02. The number of primary amides is 1. The summed E-state index contributed by atoms with van der Waals surface area (Å²) in [4.78, 5) is 29.3. The lowest BCUT2D eigenvalue weighted by Crippen LogP contribution is -2.18. The third-order valence-electron chi connectivity index (χ3n) is 3.32. The molecule has 0 atom stereocenters. The second-order valence-corrected chi connectivity index (χ2v) is 8.66. The van der Waals surface area contributed by atoms with Crippen LogP contribution in [-0.2, 0) is 17.6 Å². The maximum absolute atomic E-state index is 12.1. The van der Waals surface area contributed by atoms with E-state index in [1.54, 1.807) is 0 Å². The van der Waals surface area contributed by atoms with Gasteiger partial charge in [-0.25, -0.2) is 4.98 Å². The first-order valence-electron chi connectivity index (χ1n) is 6.83. The Bertz CT molecular complexity index is 755. The Morgan fingerprint density at radius 2 is 2.22 bits per heavy atom. The van der Waals surface area contributed by atoms with Gasteiger partial charge >= 0.3 is 0 Å². The number of aryl methyl sites for hydroxylation is 1. The van der Waals surface area contributed by atoms with Crippen LogP contribution in [0.2, 0.25) is 0 Å². The van der Waals surface area contributed by atoms with Crippen LogP contribution in [0.4, 0.5) is 5.00 Å². The van der Waals surface area contributed by atoms with Crippen molar-refractivity contribution in [2.45, 2.75) is 28.8 Å². The Labute approximate surface area is 149 Å². The van der Waals surface area contributed by atoms with Crippen LogP contribution in [0.3, 0.4) is 0 Å². The van der Waals surface area contributed by atoms with Gasteiger partial charge in [-0.15, -0.1) is 11.3 Å². The second kappa shape index (κ2) is 7.20. The van der Waals surface area contributed by atoms with Gasteiger partial charge in [0.15, 0.2) is 4.34 Å². The minimum atomic E-state index is -0.471. The van der Waals surface area contributed by atoms with Crippen LogP contribution < -0.4 is 11.1 Å². The number of carbonyl (C=O) groups is 2. The standard InChI is InChI=1S/C13H14N4O2S4/c1-20-12-16-13(23-17-12)21-5-8(18)15-11-9(10(14)19)6-3-2-4-7(6)22-11/h2-5H2,1H3,(H2,14,19)(H,15,18). The van der Waals surface area contributed by atoms with Crippen molar-refractivity contribution in [3.8, 4) is 0 Å². The van der Waals surface area contributed by atoms with Gasteiger partial charge in [0.1, 0.15) is 5.00 Å². The van der Waals surface area contributed by atoms with Crippen molar-refractivity contribution in [2.75, 3.05) is 17.3 Å². The molecule has 0 aliphatic heterocycles. The highest BCUT2D eigenvalue weighted by atomic mass is 32.2. The van der Waals surface area contributed by atoms with Crippen LogP contribution in [0, 0.1) is 0 Å². The molecule has 0 aromatic carbocycles. The van der Waals surface area contributed by atoms with E-state index in [1.165, 1.54) is 46.4 Å². The van der Waals surface area contributed by atoms with E-state index in [1.807, 2.05) is 6.26 Å². The van der Waals surface area contributed by atoms with Gasteiger partial charge in [-0.3, -0.25) is 9.59 Å². The molecule has 10 heteroatoms. The number of nitrogens with one attached hydrogen (secondary N) is 1. The number of hydrogen-bond donors (Lipinski definition) is 2. The van der Waals surface area contributed by atoms with Crippen molar-refractivity contribution in [3.63, 3.8) is 0 Å². The number of amides is 2. The number of anilines is 1. The summed E-state index contributed by atoms with van der Waals surface area (Å²) in [6.45, 7) is 0. The molecule has 0 bridgehead atoms. The molecular formula is C13H14N4O2S4. The Hall–Kier alpha value is -1.10. The lowest BCUT2D eigenvalue weighted by molar-refractivity contribution is -0.113. The molecule has 2 heterocycles. The van der Waals surface area contributed by atoms with E-state index in [2.05, 4.69) is 14.7 Å². The monoisotopic (exact) mass is 386 g/mol. The van der Waals surface area contributed by atoms with Gasteiger partial charge in [0.25, 0.3) is 5.91 Å². The SMILES string of the molecule is CSc1nsc(SCC(=O)Nc2sc3c(c2C(N)=O)CCC3)n1. The van der Waals surface area contributed by atoms with E-state index in [-0.39, 0.29) is 11.7 Å². The highest BCUT2D eigenvalue weighted by Gasteiger charge is 2.26. The Morgan fingerprint density at radius 1 is 1.39 bits per heavy atom. The van der Waals surface area contributed by atoms with E-state index in [0.29, 0.717) is 15.7 Å². The smallest absolute Gasteiger partial charge is 0.251 e. The van der Waals surface area contributed by atoms with Crippen molar-refractivity contribution in [2.24, 2.45) is 5.73 Å². The summed E-state index contributed by atoms with van der Waals surface area (Å²) in [6, 6.07) is 0. The van der Waals surface area contributed by atoms with Gasteiger partial charge in [0.05, 0.1) is 11.3 Å². The zero-order valence-electron chi connectivity index (χ0n) is 12.2. The van der Waals surface area contributed by atoms with Gasteiger partial charge in [-0.1, -0.05) is 23.5 Å². The molecule has 1 aliphatic carbocycles. The molecule has 0 saturated heterocycles. The summed E-state index contributed by atoms with van der Waals surface area (Å²) in [5.41, 5.74) is 6.98. The van der Waals surface area contributed by atoms with Crippen LogP contribution in [0.15, 0.2) is 9.50 Å². The fourth-order valence-corrected chi connectivity index (χ4v) is 5.70. The molecule has 0 radical (unpaired) electrons. The molecule has 3 N–H and O–H groups in total. The average molecular weight is 387 g/mol. The van der Waals surface area contributed by atoms with Gasteiger partial charge in [0.2, 0.25) is 11.1 Å². The summed E-state index contributed by atoms with van der Waals surface area (Å²) < 4.78 is 4.91. The number of thiophene rings is 1. The number of nitrogens with zero attached hydrogens (tertiary/aromatic N) is 2. The van der Waals surface area contributed by atoms with Crippen molar-refractivity contribution >= 4 is 63.2 Å². The van der Waals surface area contributed by atoms with Crippen molar-refractivity contribution in [1.82, 2.24) is 9.36 Å². The normalized spacial score (nSPS) is 13.1. The van der Waals surface area contributed by atoms with Gasteiger partial charge in [-0.2, -0.15) is 4.37 Å². The number of aromatic nitrogens is 2. The van der Waals surface area contributed by atoms with E-state index >= 15 is 0 Å². The fraction of sp³-hybridized carbons (Fsp3) is 0.385. The van der Waals surface area contributed by atoms with E-state index < -0.39 is 5.91 Å². The maximum atomic E-state index is 12.1. The summed E-state index contributed by atoms with van der Waals surface area (Å²) >= 11 is 5.55. The number of nitrogens with two attached hydrogens (primary N) is 1. The summed E-state index contributed by atoms with van der Waals surface area (Å²) in [6.07, 6.45) is 4.76. The minimum Gasteiger partial charge on any atom is -0.365 e. The number of carbonyl (C=O) groups excluding carboxylic acids is 2. The third kappa shape index (κ3) is 3.70. The Balaban J connectivity index is 1.65. The molecule has 1 aliphatic rings. The maximum Gasteiger partial charge on any atom is 0.251 e. The van der Waals surface area contributed by atoms with Crippen LogP contribution in [0.5, 0.6) is 0 Å². The predicted octanol–water partition coefficient (Wildman–Crippen LogP) is 2.64. The van der Waals surface area contributed by atoms with Crippen molar-refractivity contribution in [3.05, 3.63) is 16.0 Å². The quantitative estimate of drug-likeness (QED) is 0.741. The first-order valence-corrected chi connectivity index (χ1v) is 10.6. The fourth-order valence-electron chi connectivity index (χ4n) is 2.38. The van der Waals surface area contributed by atoms with Gasteiger partial charge in [0, 0.05) is 4.88 Å². The van der Waals surface area contributed by atoms with E-state index in [9.17, 15) is 9.59 Å². The Morgan fingerprint density at radius 3 is 2.91 bits per heavy atom. The number of thioether (sulfide) groups is 2. The molecule has 2 amide bonds. The highest BCUT2D eigenvalue weighted by Crippen LogP contribution is 2.39. The number of fused-ring (bicyclic) bond motifs is 1. The minimum absolute atomic E-state index is 0.168. The molecule has 0 unspecified atom stereocenters. The molecular weight excluding hydrogens is 372 g/mol. The molecule has 23 heavy (non-hydrogen) atoms. The highest BCUT2D eigenvalue weighted by molar-refractivity contribution is 8.01. The molecule has 0 saturated carbocycles. The van der Waals surface area contributed by atoms with E-state index in [4.69, 9.17) is 5.73 Å². The van der Waals surface area contributed by atoms with Gasteiger partial charge < -0.3 is 11.1 Å². The van der Waals surface area contributed by atoms with Gasteiger partial charge in [-0.05, 0) is 42.6 Å². The van der Waals surface area contributed by atoms with E-state index in [0.717, 1.165) is 34.0 Å². The summed E-state index contributed by atoms with van der Waals surface area (Å²) in [5, 5.41) is 4.11. The molecule has 0 fully saturated rings. The summed E-state index contributed by atoms with van der Waals surface area (Å²) in [5.74, 6) is -0.413. The van der Waals surface area contributed by atoms with Crippen LogP contribution in [0.1, 0.15) is 27.2 Å². The first kappa shape index (κ1) is 16.7. The predicted molar refractivity (Wildman–Crippen MR) is 95.9 cm³/mol. The topological polar surface area (TPSA) is 98.0 Å². The van der Waals surface area contributed by atoms with Crippen LogP contribution in [0.25, 0.3) is 0 Å². The average Bonchev–Trinajstić information content (AvgIpc) is 3.19. The molecule has 0 spiro atoms. The van der Waals surface area contributed by atoms with Crippen LogP contribution in [-0.4, -0.2) is 33.2 Å². The largest absolute Gasteiger partial charge is 0.365 e. The van der Waals surface area contributed by atoms with Crippen molar-refractivity contribution in [1.29, 1.82) is 0 Å². The molecule has 6 nitrogen and oxygen atoms in total. The number of hydrogen-bond acceptors (Lipinski definition) is 8. The number of rotatable bonds is 6. The molecule has 3 rings (SSSR count). The summed E-state index contributed by atoms with van der Waals surface area (Å²) in [7, 11) is 0. The molecule has 122 valence electrons. The lowest BCUT2D eigenvalue weighted by atomic mass is 10.1. The first-order chi connectivity index (χ1) is 11.1. The molecule has 2 aromatic rings. The van der Waals surface area contributed by atoms with Crippen LogP contribution >= 0.6 is 46.4 Å². The second-order valence-electron chi connectivity index (χ2n) is 4.81. The van der Waals surface area contributed by atoms with Crippen molar-refractivity contribution < 1.29 is 9.59 Å². The Kier molecular flexibility index (Phi) is 5.24. The zero-order chi connectivity index (χ0) is 16.4. The zero-order valence-corrected chi connectivity index (χ0v) is 15.5. The lowest BCUT2D eigenvalue weighted by Gasteiger charge is -2.05.